The van der Waals surface area contributed by atoms with Crippen molar-refractivity contribution in [1.29, 1.82) is 0 Å². The van der Waals surface area contributed by atoms with E-state index in [-0.39, 0.29) is 26.8 Å². The highest BCUT2D eigenvalue weighted by molar-refractivity contribution is 7.94. The van der Waals surface area contributed by atoms with Crippen LogP contribution in [0.15, 0.2) is 28.5 Å². The lowest BCUT2D eigenvalue weighted by molar-refractivity contribution is 0.101. The molecule has 0 saturated carbocycles. The van der Waals surface area contributed by atoms with E-state index < -0.39 is 15.9 Å². The first-order valence-electron chi connectivity index (χ1n) is 6.54. The molecular formula is C15H13NO4S2. The molecule has 0 unspecified atom stereocenters. The number of anilines is 1. The number of amides is 1. The van der Waals surface area contributed by atoms with Gasteiger partial charge >= 0.3 is 0 Å². The van der Waals surface area contributed by atoms with E-state index in [4.69, 9.17) is 0 Å². The molecule has 5 nitrogen and oxygen atoms in total. The monoisotopic (exact) mass is 335 g/mol. The van der Waals surface area contributed by atoms with Crippen LogP contribution >= 0.6 is 11.3 Å². The van der Waals surface area contributed by atoms with Gasteiger partial charge in [0.1, 0.15) is 9.77 Å². The fourth-order valence-electron chi connectivity index (χ4n) is 2.68. The molecule has 7 heteroatoms. The SMILES string of the molecule is CC(=O)c1cc(C)cc(C)c1N1C(=O)c2sccc2S1(=O)=O. The Balaban J connectivity index is 2.32. The third-order valence-electron chi connectivity index (χ3n) is 3.55. The number of hydrogen-bond donors (Lipinski definition) is 0. The minimum absolute atomic E-state index is 0.0111. The minimum Gasteiger partial charge on any atom is -0.294 e. The van der Waals surface area contributed by atoms with Crippen molar-refractivity contribution in [3.05, 3.63) is 45.1 Å². The Bertz CT molecular complexity index is 925. The van der Waals surface area contributed by atoms with Crippen LogP contribution in [0.25, 0.3) is 0 Å². The number of aryl methyl sites for hydroxylation is 2. The molecule has 0 spiro atoms. The van der Waals surface area contributed by atoms with Gasteiger partial charge in [0.15, 0.2) is 5.78 Å². The van der Waals surface area contributed by atoms with Crippen LogP contribution in [-0.4, -0.2) is 20.1 Å². The molecule has 114 valence electrons. The maximum Gasteiger partial charge on any atom is 0.283 e. The van der Waals surface area contributed by atoms with E-state index in [0.717, 1.165) is 21.2 Å². The second-order valence-electron chi connectivity index (χ2n) is 5.22. The van der Waals surface area contributed by atoms with Gasteiger partial charge in [-0.15, -0.1) is 11.3 Å². The average Bonchev–Trinajstić information content (AvgIpc) is 2.95. The lowest BCUT2D eigenvalue weighted by Crippen LogP contribution is -2.32. The summed E-state index contributed by atoms with van der Waals surface area (Å²) in [5, 5.41) is 1.57. The summed E-state index contributed by atoms with van der Waals surface area (Å²) in [6, 6.07) is 4.79. The number of carbonyl (C=O) groups is 2. The summed E-state index contributed by atoms with van der Waals surface area (Å²) in [6.45, 7) is 4.88. The Morgan fingerprint density at radius 3 is 2.50 bits per heavy atom. The van der Waals surface area contributed by atoms with Crippen molar-refractivity contribution in [1.82, 2.24) is 0 Å². The number of carbonyl (C=O) groups excluding carboxylic acids is 2. The Kier molecular flexibility index (Phi) is 3.23. The van der Waals surface area contributed by atoms with Crippen molar-refractivity contribution in [2.24, 2.45) is 0 Å². The molecule has 3 rings (SSSR count). The van der Waals surface area contributed by atoms with Crippen molar-refractivity contribution >= 4 is 38.7 Å². The second-order valence-corrected chi connectivity index (χ2v) is 7.89. The first kappa shape index (κ1) is 14.9. The molecule has 1 amide bonds. The zero-order chi connectivity index (χ0) is 16.2. The molecule has 0 saturated heterocycles. The summed E-state index contributed by atoms with van der Waals surface area (Å²) < 4.78 is 26.1. The molecule has 0 fully saturated rings. The third kappa shape index (κ3) is 1.93. The quantitative estimate of drug-likeness (QED) is 0.791. The summed E-state index contributed by atoms with van der Waals surface area (Å²) in [5.74, 6) is -0.875. The maximum absolute atomic E-state index is 12.7. The van der Waals surface area contributed by atoms with Gasteiger partial charge in [-0.2, -0.15) is 4.31 Å². The first-order valence-corrected chi connectivity index (χ1v) is 8.86. The number of rotatable bonds is 2. The van der Waals surface area contributed by atoms with Crippen LogP contribution < -0.4 is 4.31 Å². The Labute approximate surface area is 132 Å². The van der Waals surface area contributed by atoms with Gasteiger partial charge in [0, 0.05) is 5.56 Å². The third-order valence-corrected chi connectivity index (χ3v) is 6.31. The van der Waals surface area contributed by atoms with Crippen LogP contribution in [0.1, 0.15) is 38.1 Å². The number of hydrogen-bond acceptors (Lipinski definition) is 5. The number of Topliss-reactive ketones (excluding diaryl/α,β-unsaturated/α-hetero) is 1. The molecule has 1 aromatic heterocycles. The normalized spacial score (nSPS) is 16.0. The Hall–Kier alpha value is -1.99. The summed E-state index contributed by atoms with van der Waals surface area (Å²) in [6.07, 6.45) is 0. The molecule has 22 heavy (non-hydrogen) atoms. The molecule has 0 N–H and O–H groups in total. The Morgan fingerprint density at radius 1 is 1.23 bits per heavy atom. The van der Waals surface area contributed by atoms with Crippen molar-refractivity contribution < 1.29 is 18.0 Å². The number of nitrogens with zero attached hydrogens (tertiary/aromatic N) is 1. The van der Waals surface area contributed by atoms with Crippen molar-refractivity contribution in [3.8, 4) is 0 Å². The number of fused-ring (bicyclic) bond motifs is 1. The fourth-order valence-corrected chi connectivity index (χ4v) is 5.55. The van der Waals surface area contributed by atoms with Crippen LogP contribution in [0.5, 0.6) is 0 Å². The van der Waals surface area contributed by atoms with Gasteiger partial charge in [0.05, 0.1) is 5.69 Å². The number of sulfonamides is 1. The van der Waals surface area contributed by atoms with E-state index in [9.17, 15) is 18.0 Å². The Morgan fingerprint density at radius 2 is 1.91 bits per heavy atom. The van der Waals surface area contributed by atoms with Gasteiger partial charge in [-0.05, 0) is 49.4 Å². The van der Waals surface area contributed by atoms with Gasteiger partial charge in [0.2, 0.25) is 0 Å². The van der Waals surface area contributed by atoms with E-state index >= 15 is 0 Å². The van der Waals surface area contributed by atoms with E-state index in [0.29, 0.717) is 5.56 Å². The highest BCUT2D eigenvalue weighted by atomic mass is 32.2. The van der Waals surface area contributed by atoms with Crippen LogP contribution in [0.2, 0.25) is 0 Å². The topological polar surface area (TPSA) is 71.5 Å². The molecule has 2 heterocycles. The van der Waals surface area contributed by atoms with E-state index in [2.05, 4.69) is 0 Å². The number of benzene rings is 1. The zero-order valence-electron chi connectivity index (χ0n) is 12.2. The lowest BCUT2D eigenvalue weighted by Gasteiger charge is -2.21. The molecule has 1 aliphatic rings. The maximum atomic E-state index is 12.7. The van der Waals surface area contributed by atoms with E-state index in [1.807, 2.05) is 6.92 Å². The zero-order valence-corrected chi connectivity index (χ0v) is 13.8. The highest BCUT2D eigenvalue weighted by Gasteiger charge is 2.45. The van der Waals surface area contributed by atoms with Crippen molar-refractivity contribution in [2.45, 2.75) is 25.7 Å². The van der Waals surface area contributed by atoms with Crippen LogP contribution in [-0.2, 0) is 10.0 Å². The smallest absolute Gasteiger partial charge is 0.283 e. The van der Waals surface area contributed by atoms with Gasteiger partial charge in [0.25, 0.3) is 15.9 Å². The predicted octanol–water partition coefficient (Wildman–Crippen LogP) is 2.92. The molecule has 1 aromatic carbocycles. The first-order chi connectivity index (χ1) is 10.2. The summed E-state index contributed by atoms with van der Waals surface area (Å²) in [4.78, 5) is 24.7. The van der Waals surface area contributed by atoms with Gasteiger partial charge in [-0.1, -0.05) is 6.07 Å². The van der Waals surface area contributed by atoms with Gasteiger partial charge < -0.3 is 0 Å². The van der Waals surface area contributed by atoms with Crippen LogP contribution in [0.3, 0.4) is 0 Å². The van der Waals surface area contributed by atoms with E-state index in [1.54, 1.807) is 24.4 Å². The standard InChI is InChI=1S/C15H13NO4S2/c1-8-6-9(2)13(11(7-8)10(3)17)16-15(18)14-12(4-5-21-14)22(16,19)20/h4-7H,1-3H3. The average molecular weight is 335 g/mol. The van der Waals surface area contributed by atoms with Crippen LogP contribution in [0, 0.1) is 13.8 Å². The van der Waals surface area contributed by atoms with Gasteiger partial charge in [-0.3, -0.25) is 9.59 Å². The molecule has 0 aliphatic carbocycles. The van der Waals surface area contributed by atoms with Crippen molar-refractivity contribution in [3.63, 3.8) is 0 Å². The largest absolute Gasteiger partial charge is 0.294 e. The second kappa shape index (κ2) is 4.76. The highest BCUT2D eigenvalue weighted by Crippen LogP contribution is 2.40. The van der Waals surface area contributed by atoms with E-state index in [1.165, 1.54) is 13.0 Å². The van der Waals surface area contributed by atoms with Crippen LogP contribution in [0.4, 0.5) is 5.69 Å². The molecule has 2 aromatic rings. The summed E-state index contributed by atoms with van der Waals surface area (Å²) >= 11 is 1.09. The number of ketones is 1. The molecule has 0 radical (unpaired) electrons. The fraction of sp³-hybridized carbons (Fsp3) is 0.200. The predicted molar refractivity (Wildman–Crippen MR) is 84.2 cm³/mol. The molecular weight excluding hydrogens is 322 g/mol. The molecule has 1 aliphatic heterocycles. The number of thiophene rings is 1. The summed E-state index contributed by atoms with van der Waals surface area (Å²) in [5.41, 5.74) is 1.82. The minimum atomic E-state index is -3.95. The van der Waals surface area contributed by atoms with Crippen molar-refractivity contribution in [2.75, 3.05) is 4.31 Å². The summed E-state index contributed by atoms with van der Waals surface area (Å²) in [7, 11) is -3.95. The lowest BCUT2D eigenvalue weighted by atomic mass is 10.0. The van der Waals surface area contributed by atoms with Gasteiger partial charge in [-0.25, -0.2) is 8.42 Å². The molecule has 0 bridgehead atoms. The molecule has 0 atom stereocenters.